The lowest BCUT2D eigenvalue weighted by atomic mass is 10.1. The van der Waals surface area contributed by atoms with Gasteiger partial charge in [-0.2, -0.15) is 5.10 Å². The highest BCUT2D eigenvalue weighted by Gasteiger charge is 2.17. The molecule has 18 heavy (non-hydrogen) atoms. The quantitative estimate of drug-likeness (QED) is 0.713. The lowest BCUT2D eigenvalue weighted by Gasteiger charge is -2.25. The molecule has 5 heteroatoms. The molecular weight excluding hydrogens is 228 g/mol. The van der Waals surface area contributed by atoms with Gasteiger partial charge < -0.3 is 10.5 Å². The molecule has 0 aliphatic rings. The first kappa shape index (κ1) is 15.1. The molecule has 0 aliphatic heterocycles. The van der Waals surface area contributed by atoms with E-state index in [0.29, 0.717) is 12.6 Å². The van der Waals surface area contributed by atoms with Gasteiger partial charge >= 0.3 is 0 Å². The molecule has 2 N–H and O–H groups in total. The van der Waals surface area contributed by atoms with Crippen LogP contribution in [-0.4, -0.2) is 48.0 Å². The van der Waals surface area contributed by atoms with E-state index in [1.807, 2.05) is 17.8 Å². The van der Waals surface area contributed by atoms with E-state index in [1.165, 1.54) is 5.56 Å². The van der Waals surface area contributed by atoms with Crippen LogP contribution in [0.5, 0.6) is 0 Å². The molecule has 0 aromatic carbocycles. The van der Waals surface area contributed by atoms with E-state index in [0.717, 1.165) is 19.8 Å². The van der Waals surface area contributed by atoms with Crippen molar-refractivity contribution in [3.63, 3.8) is 0 Å². The zero-order valence-corrected chi connectivity index (χ0v) is 12.0. The third-order valence-corrected chi connectivity index (χ3v) is 3.08. The molecule has 1 rings (SSSR count). The SMILES string of the molecule is CCOCCN(C)C(CN)c1cnn(C(C)C)c1. The highest BCUT2D eigenvalue weighted by molar-refractivity contribution is 5.11. The summed E-state index contributed by atoms with van der Waals surface area (Å²) in [6, 6.07) is 0.587. The molecule has 0 spiro atoms. The second-order valence-corrected chi connectivity index (χ2v) is 4.78. The van der Waals surface area contributed by atoms with Crippen molar-refractivity contribution in [3.8, 4) is 0 Å². The number of hydrogen-bond donors (Lipinski definition) is 1. The molecule has 0 amide bonds. The number of likely N-dealkylation sites (N-methyl/N-ethyl adjacent to an activating group) is 1. The van der Waals surface area contributed by atoms with E-state index in [2.05, 4.69) is 37.1 Å². The van der Waals surface area contributed by atoms with Crippen molar-refractivity contribution in [2.75, 3.05) is 33.4 Å². The van der Waals surface area contributed by atoms with Crippen molar-refractivity contribution in [1.82, 2.24) is 14.7 Å². The van der Waals surface area contributed by atoms with Gasteiger partial charge in [0.15, 0.2) is 0 Å². The van der Waals surface area contributed by atoms with Crippen molar-refractivity contribution in [2.24, 2.45) is 5.73 Å². The fourth-order valence-corrected chi connectivity index (χ4v) is 1.89. The highest BCUT2D eigenvalue weighted by Crippen LogP contribution is 2.18. The van der Waals surface area contributed by atoms with E-state index in [1.54, 1.807) is 0 Å². The predicted molar refractivity (Wildman–Crippen MR) is 73.5 cm³/mol. The molecule has 5 nitrogen and oxygen atoms in total. The molecule has 104 valence electrons. The van der Waals surface area contributed by atoms with Crippen molar-refractivity contribution < 1.29 is 4.74 Å². The number of hydrogen-bond acceptors (Lipinski definition) is 4. The fraction of sp³-hybridized carbons (Fsp3) is 0.769. The Balaban J connectivity index is 2.63. The zero-order valence-electron chi connectivity index (χ0n) is 12.0. The molecule has 0 radical (unpaired) electrons. The average molecular weight is 254 g/mol. The van der Waals surface area contributed by atoms with Gasteiger partial charge in [0.1, 0.15) is 0 Å². The van der Waals surface area contributed by atoms with Gasteiger partial charge in [0.05, 0.1) is 12.8 Å². The molecule has 0 bridgehead atoms. The molecule has 0 saturated carbocycles. The van der Waals surface area contributed by atoms with Crippen molar-refractivity contribution >= 4 is 0 Å². The van der Waals surface area contributed by atoms with Gasteiger partial charge in [0.2, 0.25) is 0 Å². The maximum absolute atomic E-state index is 5.88. The summed E-state index contributed by atoms with van der Waals surface area (Å²) in [6.45, 7) is 9.20. The smallest absolute Gasteiger partial charge is 0.0593 e. The topological polar surface area (TPSA) is 56.3 Å². The molecule has 1 aromatic rings. The van der Waals surface area contributed by atoms with Crippen LogP contribution in [0.4, 0.5) is 0 Å². The fourth-order valence-electron chi connectivity index (χ4n) is 1.89. The standard InChI is InChI=1S/C13H26N4O/c1-5-18-7-6-16(4)13(8-14)12-9-15-17(10-12)11(2)3/h9-11,13H,5-8,14H2,1-4H3. The average Bonchev–Trinajstić information content (AvgIpc) is 2.80. The minimum atomic E-state index is 0.206. The summed E-state index contributed by atoms with van der Waals surface area (Å²) in [5.74, 6) is 0. The van der Waals surface area contributed by atoms with Gasteiger partial charge in [-0.3, -0.25) is 9.58 Å². The second-order valence-electron chi connectivity index (χ2n) is 4.78. The number of rotatable bonds is 8. The van der Waals surface area contributed by atoms with Crippen molar-refractivity contribution in [3.05, 3.63) is 18.0 Å². The molecule has 0 fully saturated rings. The van der Waals surface area contributed by atoms with Crippen molar-refractivity contribution in [1.29, 1.82) is 0 Å². The number of nitrogens with two attached hydrogens (primary N) is 1. The van der Waals surface area contributed by atoms with E-state index in [-0.39, 0.29) is 6.04 Å². The summed E-state index contributed by atoms with van der Waals surface area (Å²) in [5, 5.41) is 4.37. The van der Waals surface area contributed by atoms with E-state index in [4.69, 9.17) is 10.5 Å². The van der Waals surface area contributed by atoms with Crippen LogP contribution in [0.1, 0.15) is 38.4 Å². The van der Waals surface area contributed by atoms with Crippen LogP contribution in [0, 0.1) is 0 Å². The number of ether oxygens (including phenoxy) is 1. The van der Waals surface area contributed by atoms with Gasteiger partial charge in [-0.1, -0.05) is 0 Å². The highest BCUT2D eigenvalue weighted by atomic mass is 16.5. The van der Waals surface area contributed by atoms with Gasteiger partial charge in [-0.05, 0) is 27.8 Å². The van der Waals surface area contributed by atoms with Gasteiger partial charge in [-0.25, -0.2) is 0 Å². The Morgan fingerprint density at radius 2 is 2.22 bits per heavy atom. The zero-order chi connectivity index (χ0) is 13.5. The first-order valence-electron chi connectivity index (χ1n) is 6.62. The normalized spacial score (nSPS) is 13.5. The summed E-state index contributed by atoms with van der Waals surface area (Å²) in [5.41, 5.74) is 7.05. The lowest BCUT2D eigenvalue weighted by Crippen LogP contribution is -2.32. The van der Waals surface area contributed by atoms with E-state index >= 15 is 0 Å². The Morgan fingerprint density at radius 1 is 1.50 bits per heavy atom. The van der Waals surface area contributed by atoms with Gasteiger partial charge in [0.25, 0.3) is 0 Å². The largest absolute Gasteiger partial charge is 0.380 e. The summed E-state index contributed by atoms with van der Waals surface area (Å²) in [4.78, 5) is 2.22. The van der Waals surface area contributed by atoms with Crippen LogP contribution < -0.4 is 5.73 Å². The summed E-state index contributed by atoms with van der Waals surface area (Å²) in [7, 11) is 2.07. The molecule has 1 heterocycles. The van der Waals surface area contributed by atoms with Crippen LogP contribution >= 0.6 is 0 Å². The maximum atomic E-state index is 5.88. The Kier molecular flexibility index (Phi) is 6.32. The summed E-state index contributed by atoms with van der Waals surface area (Å²) < 4.78 is 7.34. The number of aromatic nitrogens is 2. The first-order chi connectivity index (χ1) is 8.60. The molecule has 1 unspecified atom stereocenters. The molecular formula is C13H26N4O. The van der Waals surface area contributed by atoms with Crippen LogP contribution in [-0.2, 0) is 4.74 Å². The van der Waals surface area contributed by atoms with Gasteiger partial charge in [0, 0.05) is 43.5 Å². The predicted octanol–water partition coefficient (Wildman–Crippen LogP) is 1.43. The third-order valence-electron chi connectivity index (χ3n) is 3.08. The van der Waals surface area contributed by atoms with E-state index < -0.39 is 0 Å². The first-order valence-corrected chi connectivity index (χ1v) is 6.62. The van der Waals surface area contributed by atoms with Crippen LogP contribution in [0.25, 0.3) is 0 Å². The van der Waals surface area contributed by atoms with Gasteiger partial charge in [-0.15, -0.1) is 0 Å². The second kappa shape index (κ2) is 7.51. The van der Waals surface area contributed by atoms with Crippen LogP contribution in [0.15, 0.2) is 12.4 Å². The minimum absolute atomic E-state index is 0.206. The molecule has 0 aliphatic carbocycles. The Labute approximate surface area is 110 Å². The maximum Gasteiger partial charge on any atom is 0.0593 e. The molecule has 1 aromatic heterocycles. The monoisotopic (exact) mass is 254 g/mol. The van der Waals surface area contributed by atoms with E-state index in [9.17, 15) is 0 Å². The summed E-state index contributed by atoms with van der Waals surface area (Å²) >= 11 is 0. The Morgan fingerprint density at radius 3 is 2.72 bits per heavy atom. The summed E-state index contributed by atoms with van der Waals surface area (Å²) in [6.07, 6.45) is 3.99. The lowest BCUT2D eigenvalue weighted by molar-refractivity contribution is 0.108. The van der Waals surface area contributed by atoms with Crippen LogP contribution in [0.2, 0.25) is 0 Å². The molecule has 1 atom stereocenters. The van der Waals surface area contributed by atoms with Crippen LogP contribution in [0.3, 0.4) is 0 Å². The minimum Gasteiger partial charge on any atom is -0.380 e. The Hall–Kier alpha value is -0.910. The molecule has 0 saturated heterocycles. The number of nitrogens with zero attached hydrogens (tertiary/aromatic N) is 3. The Bertz CT molecular complexity index is 337. The van der Waals surface area contributed by atoms with Crippen molar-refractivity contribution in [2.45, 2.75) is 32.9 Å². The third kappa shape index (κ3) is 4.08.